The number of nitrogens with one attached hydrogen (secondary N) is 2. The largest absolute Gasteiger partial charge is 0.444 e. The second-order valence-corrected chi connectivity index (χ2v) is 6.30. The molecule has 0 aliphatic rings. The number of nitriles is 1. The maximum absolute atomic E-state index is 11.9. The number of alkyl carbamates (subject to hydrolysis) is 1. The van der Waals surface area contributed by atoms with Crippen molar-refractivity contribution in [2.45, 2.75) is 38.8 Å². The summed E-state index contributed by atoms with van der Waals surface area (Å²) in [4.78, 5) is 23.3. The van der Waals surface area contributed by atoms with Crippen molar-refractivity contribution in [3.05, 3.63) is 34.9 Å². The van der Waals surface area contributed by atoms with E-state index in [1.807, 2.05) is 6.07 Å². The second kappa shape index (κ2) is 8.39. The van der Waals surface area contributed by atoms with Crippen molar-refractivity contribution in [2.24, 2.45) is 0 Å². The van der Waals surface area contributed by atoms with Crippen molar-refractivity contribution in [3.63, 3.8) is 0 Å². The molecule has 0 aromatic heterocycles. The van der Waals surface area contributed by atoms with Crippen LogP contribution in [0.4, 0.5) is 4.79 Å². The van der Waals surface area contributed by atoms with Crippen LogP contribution in [0, 0.1) is 11.3 Å². The Morgan fingerprint density at radius 3 is 2.65 bits per heavy atom. The van der Waals surface area contributed by atoms with Gasteiger partial charge in [-0.3, -0.25) is 4.79 Å². The fraction of sp³-hybridized carbons (Fsp3) is 0.438. The summed E-state index contributed by atoms with van der Waals surface area (Å²) in [6, 6.07) is 7.94. The third-order valence-electron chi connectivity index (χ3n) is 2.64. The molecule has 0 fully saturated rings. The maximum Gasteiger partial charge on any atom is 0.407 e. The van der Waals surface area contributed by atoms with Crippen molar-refractivity contribution in [1.29, 1.82) is 5.26 Å². The maximum atomic E-state index is 11.9. The molecule has 7 heteroatoms. The molecule has 0 heterocycles. The Morgan fingerprint density at radius 1 is 1.39 bits per heavy atom. The SMILES string of the molecule is CC(C)(C)OC(=O)NCCC(=O)N[C@H](C#N)c1cccc(Cl)c1. The van der Waals surface area contributed by atoms with Gasteiger partial charge in [0.15, 0.2) is 0 Å². The van der Waals surface area contributed by atoms with Gasteiger partial charge in [0.05, 0.1) is 6.07 Å². The molecular formula is C16H20ClN3O3. The van der Waals surface area contributed by atoms with Crippen LogP contribution in [0.25, 0.3) is 0 Å². The highest BCUT2D eigenvalue weighted by molar-refractivity contribution is 6.30. The van der Waals surface area contributed by atoms with Crippen LogP contribution in [0.2, 0.25) is 5.02 Å². The Kier molecular flexibility index (Phi) is 6.86. The molecule has 23 heavy (non-hydrogen) atoms. The van der Waals surface area contributed by atoms with Gasteiger partial charge in [-0.2, -0.15) is 5.26 Å². The van der Waals surface area contributed by atoms with Crippen LogP contribution < -0.4 is 10.6 Å². The van der Waals surface area contributed by atoms with E-state index in [1.54, 1.807) is 45.0 Å². The molecule has 1 atom stereocenters. The molecule has 0 bridgehead atoms. The summed E-state index contributed by atoms with van der Waals surface area (Å²) in [6.45, 7) is 5.37. The number of carbonyl (C=O) groups is 2. The number of hydrogen-bond acceptors (Lipinski definition) is 4. The smallest absolute Gasteiger partial charge is 0.407 e. The van der Waals surface area contributed by atoms with Gasteiger partial charge in [0.1, 0.15) is 11.6 Å². The quantitative estimate of drug-likeness (QED) is 0.864. The molecule has 0 aliphatic heterocycles. The van der Waals surface area contributed by atoms with Gasteiger partial charge in [-0.1, -0.05) is 23.7 Å². The number of halogens is 1. The first-order chi connectivity index (χ1) is 10.7. The fourth-order valence-corrected chi connectivity index (χ4v) is 1.90. The minimum absolute atomic E-state index is 0.0397. The van der Waals surface area contributed by atoms with E-state index in [0.717, 1.165) is 0 Å². The molecule has 2 N–H and O–H groups in total. The van der Waals surface area contributed by atoms with Gasteiger partial charge in [-0.15, -0.1) is 0 Å². The molecule has 1 aromatic carbocycles. The van der Waals surface area contributed by atoms with E-state index >= 15 is 0 Å². The first-order valence-electron chi connectivity index (χ1n) is 7.12. The van der Waals surface area contributed by atoms with E-state index in [2.05, 4.69) is 10.6 Å². The highest BCUT2D eigenvalue weighted by atomic mass is 35.5. The lowest BCUT2D eigenvalue weighted by atomic mass is 10.1. The third-order valence-corrected chi connectivity index (χ3v) is 2.87. The van der Waals surface area contributed by atoms with Crippen LogP contribution in [0.1, 0.15) is 38.8 Å². The topological polar surface area (TPSA) is 91.2 Å². The van der Waals surface area contributed by atoms with Gasteiger partial charge in [0.25, 0.3) is 0 Å². The van der Waals surface area contributed by atoms with Gasteiger partial charge in [-0.25, -0.2) is 4.79 Å². The van der Waals surface area contributed by atoms with Crippen molar-refractivity contribution in [1.82, 2.24) is 10.6 Å². The molecule has 2 amide bonds. The zero-order valence-electron chi connectivity index (χ0n) is 13.4. The summed E-state index contributed by atoms with van der Waals surface area (Å²) in [5.74, 6) is -0.354. The van der Waals surface area contributed by atoms with Crippen LogP contribution in [0.5, 0.6) is 0 Å². The zero-order chi connectivity index (χ0) is 17.5. The Bertz CT molecular complexity index is 605. The van der Waals surface area contributed by atoms with E-state index in [9.17, 15) is 9.59 Å². The van der Waals surface area contributed by atoms with Crippen molar-refractivity contribution in [2.75, 3.05) is 6.54 Å². The Balaban J connectivity index is 2.44. The minimum atomic E-state index is -0.789. The lowest BCUT2D eigenvalue weighted by Gasteiger charge is -2.19. The van der Waals surface area contributed by atoms with Crippen LogP contribution >= 0.6 is 11.6 Å². The predicted molar refractivity (Wildman–Crippen MR) is 86.8 cm³/mol. The van der Waals surface area contributed by atoms with Crippen LogP contribution in [0.15, 0.2) is 24.3 Å². The summed E-state index contributed by atoms with van der Waals surface area (Å²) in [6.07, 6.45) is -0.546. The zero-order valence-corrected chi connectivity index (χ0v) is 14.1. The normalized spacial score (nSPS) is 12.0. The monoisotopic (exact) mass is 337 g/mol. The molecule has 0 unspecified atom stereocenters. The number of carbonyl (C=O) groups excluding carboxylic acids is 2. The summed E-state index contributed by atoms with van der Waals surface area (Å²) in [5, 5.41) is 14.7. The van der Waals surface area contributed by atoms with Crippen LogP contribution in [-0.4, -0.2) is 24.1 Å². The predicted octanol–water partition coefficient (Wildman–Crippen LogP) is 2.94. The van der Waals surface area contributed by atoms with Crippen molar-refractivity contribution < 1.29 is 14.3 Å². The number of rotatable bonds is 5. The lowest BCUT2D eigenvalue weighted by Crippen LogP contribution is -2.35. The minimum Gasteiger partial charge on any atom is -0.444 e. The van der Waals surface area contributed by atoms with E-state index < -0.39 is 17.7 Å². The second-order valence-electron chi connectivity index (χ2n) is 5.86. The molecule has 0 saturated heterocycles. The van der Waals surface area contributed by atoms with Gasteiger partial charge in [-0.05, 0) is 38.5 Å². The van der Waals surface area contributed by atoms with Crippen molar-refractivity contribution in [3.8, 4) is 6.07 Å². The summed E-state index contributed by atoms with van der Waals surface area (Å²) >= 11 is 5.87. The molecule has 0 saturated carbocycles. The molecule has 124 valence electrons. The molecule has 6 nitrogen and oxygen atoms in total. The molecule has 1 rings (SSSR count). The van der Waals surface area contributed by atoms with Gasteiger partial charge < -0.3 is 15.4 Å². The van der Waals surface area contributed by atoms with E-state index in [1.165, 1.54) is 0 Å². The van der Waals surface area contributed by atoms with E-state index in [4.69, 9.17) is 21.6 Å². The van der Waals surface area contributed by atoms with Gasteiger partial charge in [0, 0.05) is 18.0 Å². The highest BCUT2D eigenvalue weighted by Crippen LogP contribution is 2.17. The summed E-state index contributed by atoms with van der Waals surface area (Å²) in [5.41, 5.74) is 0.0126. The molecule has 0 aliphatic carbocycles. The highest BCUT2D eigenvalue weighted by Gasteiger charge is 2.17. The van der Waals surface area contributed by atoms with E-state index in [0.29, 0.717) is 10.6 Å². The molecular weight excluding hydrogens is 318 g/mol. The first kappa shape index (κ1) is 18.8. The Labute approximate surface area is 140 Å². The third kappa shape index (κ3) is 7.52. The number of benzene rings is 1. The average molecular weight is 338 g/mol. The fourth-order valence-electron chi connectivity index (χ4n) is 1.70. The standard InChI is InChI=1S/C16H20ClN3O3/c1-16(2,3)23-15(22)19-8-7-14(21)20-13(10-18)11-5-4-6-12(17)9-11/h4-6,9,13H,7-8H2,1-3H3,(H,19,22)(H,20,21)/t13-/m1/s1. The van der Waals surface area contributed by atoms with Crippen LogP contribution in [-0.2, 0) is 9.53 Å². The number of ether oxygens (including phenoxy) is 1. The average Bonchev–Trinajstić information content (AvgIpc) is 2.42. The summed E-state index contributed by atoms with van der Waals surface area (Å²) in [7, 11) is 0. The number of amides is 2. The van der Waals surface area contributed by atoms with Gasteiger partial charge in [0.2, 0.25) is 5.91 Å². The van der Waals surface area contributed by atoms with Crippen molar-refractivity contribution >= 4 is 23.6 Å². The summed E-state index contributed by atoms with van der Waals surface area (Å²) < 4.78 is 5.06. The lowest BCUT2D eigenvalue weighted by molar-refractivity contribution is -0.121. The number of nitrogens with zero attached hydrogens (tertiary/aromatic N) is 1. The molecule has 0 spiro atoms. The number of hydrogen-bond donors (Lipinski definition) is 2. The van der Waals surface area contributed by atoms with Gasteiger partial charge >= 0.3 is 6.09 Å². The van der Waals surface area contributed by atoms with E-state index in [-0.39, 0.29) is 18.9 Å². The van der Waals surface area contributed by atoms with Crippen LogP contribution in [0.3, 0.4) is 0 Å². The Morgan fingerprint density at radius 2 is 2.09 bits per heavy atom. The first-order valence-corrected chi connectivity index (χ1v) is 7.50. The Hall–Kier alpha value is -2.26. The molecule has 1 aromatic rings. The molecule has 0 radical (unpaired) electrons.